The number of rotatable bonds is 4. The van der Waals surface area contributed by atoms with E-state index in [4.69, 9.17) is 4.74 Å². The van der Waals surface area contributed by atoms with Crippen molar-refractivity contribution < 1.29 is 24.2 Å². The summed E-state index contributed by atoms with van der Waals surface area (Å²) in [6.45, 7) is 8.38. The van der Waals surface area contributed by atoms with Crippen LogP contribution in [0.1, 0.15) is 40.5 Å². The molecule has 2 amide bonds. The Morgan fingerprint density at radius 1 is 1.19 bits per heavy atom. The highest BCUT2D eigenvalue weighted by Gasteiger charge is 2.71. The number of carbonyl (C=O) groups is 3. The number of hydrogen-bond acceptors (Lipinski definition) is 6. The third-order valence-electron chi connectivity index (χ3n) is 7.26. The van der Waals surface area contributed by atoms with E-state index in [1.54, 1.807) is 21.6 Å². The molecule has 1 N–H and O–H groups in total. The summed E-state index contributed by atoms with van der Waals surface area (Å²) in [7, 11) is 0. The van der Waals surface area contributed by atoms with E-state index in [1.807, 2.05) is 45.9 Å². The highest BCUT2D eigenvalue weighted by atomic mass is 32.2. The zero-order chi connectivity index (χ0) is 23.2. The molecule has 7 nitrogen and oxygen atoms in total. The molecule has 4 heterocycles. The molecular formula is C24H34N2O5S. The molecular weight excluding hydrogens is 428 g/mol. The van der Waals surface area contributed by atoms with E-state index in [1.165, 1.54) is 0 Å². The molecule has 0 aromatic carbocycles. The van der Waals surface area contributed by atoms with Gasteiger partial charge in [0, 0.05) is 17.8 Å². The minimum Gasteiger partial charge on any atom is -0.465 e. The SMILES string of the molecule is CC(C)[C@H](CO)N1C(=O)[C@@H]2[C@H]3C(=O)OCCC/C=C\[C@H]3S[C@@]23C=CCN(C(C)C)C(=O)C13. The van der Waals surface area contributed by atoms with Gasteiger partial charge >= 0.3 is 5.97 Å². The van der Waals surface area contributed by atoms with Gasteiger partial charge in [-0.2, -0.15) is 0 Å². The van der Waals surface area contributed by atoms with Crippen LogP contribution in [0.2, 0.25) is 0 Å². The molecule has 0 saturated carbocycles. The molecule has 2 saturated heterocycles. The average molecular weight is 463 g/mol. The number of carbonyl (C=O) groups excluding carboxylic acids is 3. The molecule has 176 valence electrons. The van der Waals surface area contributed by atoms with Crippen molar-refractivity contribution in [3.8, 4) is 0 Å². The fraction of sp³-hybridized carbons (Fsp3) is 0.708. The summed E-state index contributed by atoms with van der Waals surface area (Å²) in [4.78, 5) is 44.5. The Bertz CT molecular complexity index is 840. The normalized spacial score (nSPS) is 36.8. The van der Waals surface area contributed by atoms with Crippen LogP contribution in [0.3, 0.4) is 0 Å². The summed E-state index contributed by atoms with van der Waals surface area (Å²) in [5.74, 6) is -2.09. The number of esters is 1. The molecule has 4 aliphatic rings. The van der Waals surface area contributed by atoms with Gasteiger partial charge in [-0.05, 0) is 32.6 Å². The lowest BCUT2D eigenvalue weighted by atomic mass is 9.78. The molecule has 1 spiro atoms. The number of fused-ring (bicyclic) bond motifs is 2. The minimum absolute atomic E-state index is 0.0293. The van der Waals surface area contributed by atoms with Crippen LogP contribution in [0, 0.1) is 17.8 Å². The van der Waals surface area contributed by atoms with Crippen LogP contribution in [-0.4, -0.2) is 80.6 Å². The first kappa shape index (κ1) is 23.4. The van der Waals surface area contributed by atoms with Crippen molar-refractivity contribution in [1.82, 2.24) is 9.80 Å². The molecule has 6 atom stereocenters. The quantitative estimate of drug-likeness (QED) is 0.508. The van der Waals surface area contributed by atoms with Crippen LogP contribution in [0.25, 0.3) is 0 Å². The van der Waals surface area contributed by atoms with Crippen molar-refractivity contribution in [2.45, 2.75) is 68.7 Å². The van der Waals surface area contributed by atoms with Crippen molar-refractivity contribution in [3.63, 3.8) is 0 Å². The predicted octanol–water partition coefficient (Wildman–Crippen LogP) is 2.00. The Hall–Kier alpha value is -1.80. The first-order chi connectivity index (χ1) is 15.2. The van der Waals surface area contributed by atoms with E-state index >= 15 is 0 Å². The Morgan fingerprint density at radius 2 is 1.94 bits per heavy atom. The number of aliphatic hydroxyl groups is 1. The monoisotopic (exact) mass is 462 g/mol. The second-order valence-electron chi connectivity index (χ2n) is 9.81. The van der Waals surface area contributed by atoms with E-state index in [0.717, 1.165) is 12.8 Å². The van der Waals surface area contributed by atoms with Gasteiger partial charge in [-0.3, -0.25) is 14.4 Å². The lowest BCUT2D eigenvalue weighted by Gasteiger charge is -2.40. The van der Waals surface area contributed by atoms with Crippen LogP contribution in [0.4, 0.5) is 0 Å². The van der Waals surface area contributed by atoms with Gasteiger partial charge in [-0.1, -0.05) is 38.2 Å². The number of cyclic esters (lactones) is 1. The molecule has 4 aliphatic heterocycles. The van der Waals surface area contributed by atoms with Gasteiger partial charge in [0.05, 0.1) is 35.8 Å². The number of hydrogen-bond donors (Lipinski definition) is 1. The van der Waals surface area contributed by atoms with Crippen molar-refractivity contribution in [2.24, 2.45) is 17.8 Å². The zero-order valence-corrected chi connectivity index (χ0v) is 20.1. The van der Waals surface area contributed by atoms with E-state index in [-0.39, 0.29) is 41.6 Å². The summed E-state index contributed by atoms with van der Waals surface area (Å²) in [6.07, 6.45) is 9.63. The Kier molecular flexibility index (Phi) is 6.47. The maximum absolute atomic E-state index is 14.0. The first-order valence-corrected chi connectivity index (χ1v) is 12.5. The number of thioether (sulfide) groups is 1. The molecule has 8 heteroatoms. The molecule has 32 heavy (non-hydrogen) atoms. The number of allylic oxidation sites excluding steroid dienone is 1. The van der Waals surface area contributed by atoms with Gasteiger partial charge in [0.2, 0.25) is 11.8 Å². The van der Waals surface area contributed by atoms with Crippen molar-refractivity contribution >= 4 is 29.5 Å². The smallest absolute Gasteiger partial charge is 0.311 e. The van der Waals surface area contributed by atoms with E-state index in [2.05, 4.69) is 6.08 Å². The maximum Gasteiger partial charge on any atom is 0.311 e. The largest absolute Gasteiger partial charge is 0.465 e. The van der Waals surface area contributed by atoms with E-state index < -0.39 is 28.7 Å². The summed E-state index contributed by atoms with van der Waals surface area (Å²) >= 11 is 1.54. The molecule has 4 rings (SSSR count). The predicted molar refractivity (Wildman–Crippen MR) is 123 cm³/mol. The standard InChI is InChI=1S/C24H34N2O5S/c1-14(2)16(13-27)26-20-22(29)25(15(3)4)11-8-10-24(20)19(21(26)28)18-17(32-24)9-6-5-7-12-31-23(18)30/h6,8-10,14-20,27H,5,7,11-13H2,1-4H3/b9-6-/t16-,17+,18-,19-,20?,24-/m0/s1. The van der Waals surface area contributed by atoms with Gasteiger partial charge in [0.15, 0.2) is 0 Å². The number of aliphatic hydroxyl groups excluding tert-OH is 1. The highest BCUT2D eigenvalue weighted by Crippen LogP contribution is 2.61. The molecule has 1 unspecified atom stereocenters. The molecule has 0 aromatic rings. The van der Waals surface area contributed by atoms with Gasteiger partial charge in [-0.25, -0.2) is 0 Å². The Balaban J connectivity index is 1.88. The second-order valence-corrected chi connectivity index (χ2v) is 11.3. The Morgan fingerprint density at radius 3 is 2.59 bits per heavy atom. The molecule has 0 radical (unpaired) electrons. The summed E-state index contributed by atoms with van der Waals surface area (Å²) < 4.78 is 4.70. The average Bonchev–Trinajstić information content (AvgIpc) is 3.13. The Labute approximate surface area is 194 Å². The number of nitrogens with zero attached hydrogens (tertiary/aromatic N) is 2. The second kappa shape index (κ2) is 8.86. The van der Waals surface area contributed by atoms with E-state index in [0.29, 0.717) is 13.2 Å². The molecule has 0 aliphatic carbocycles. The van der Waals surface area contributed by atoms with Crippen molar-refractivity contribution in [2.75, 3.05) is 19.8 Å². The van der Waals surface area contributed by atoms with Crippen LogP contribution < -0.4 is 0 Å². The molecule has 0 bridgehead atoms. The minimum atomic E-state index is -0.863. The lowest BCUT2D eigenvalue weighted by Crippen LogP contribution is -2.58. The molecule has 2 fully saturated rings. The summed E-state index contributed by atoms with van der Waals surface area (Å²) in [5, 5.41) is 9.99. The number of amides is 2. The maximum atomic E-state index is 14.0. The third-order valence-corrected chi connectivity index (χ3v) is 9.00. The first-order valence-electron chi connectivity index (χ1n) is 11.7. The van der Waals surface area contributed by atoms with Crippen molar-refractivity contribution in [1.29, 1.82) is 0 Å². The topological polar surface area (TPSA) is 87.2 Å². The van der Waals surface area contributed by atoms with E-state index in [9.17, 15) is 19.5 Å². The van der Waals surface area contributed by atoms with Gasteiger partial charge in [0.1, 0.15) is 6.04 Å². The molecule has 0 aromatic heterocycles. The van der Waals surface area contributed by atoms with Crippen LogP contribution in [0.15, 0.2) is 24.3 Å². The fourth-order valence-corrected chi connectivity index (χ4v) is 7.64. The lowest BCUT2D eigenvalue weighted by molar-refractivity contribution is -0.154. The van der Waals surface area contributed by atoms with Gasteiger partial charge in [-0.15, -0.1) is 11.8 Å². The third kappa shape index (κ3) is 3.50. The van der Waals surface area contributed by atoms with Crippen LogP contribution >= 0.6 is 11.8 Å². The van der Waals surface area contributed by atoms with Crippen LogP contribution in [0.5, 0.6) is 0 Å². The number of ether oxygens (including phenoxy) is 1. The van der Waals surface area contributed by atoms with Crippen molar-refractivity contribution in [3.05, 3.63) is 24.3 Å². The van der Waals surface area contributed by atoms with Gasteiger partial charge < -0.3 is 19.6 Å². The number of likely N-dealkylation sites (tertiary alicyclic amines) is 1. The summed E-state index contributed by atoms with van der Waals surface area (Å²) in [6, 6.07) is -1.29. The zero-order valence-electron chi connectivity index (χ0n) is 19.3. The van der Waals surface area contributed by atoms with Crippen LogP contribution in [-0.2, 0) is 19.1 Å². The van der Waals surface area contributed by atoms with Gasteiger partial charge in [0.25, 0.3) is 0 Å². The summed E-state index contributed by atoms with van der Waals surface area (Å²) in [5.41, 5.74) is 0. The highest BCUT2D eigenvalue weighted by molar-refractivity contribution is 8.02. The fourth-order valence-electron chi connectivity index (χ4n) is 5.65.